The average molecular weight is 524 g/mol. The van der Waals surface area contributed by atoms with Gasteiger partial charge in [0.05, 0.1) is 6.54 Å². The Labute approximate surface area is 210 Å². The molecule has 2 aromatic carbocycles. The van der Waals surface area contributed by atoms with Crippen molar-refractivity contribution >= 4 is 49.0 Å². The first kappa shape index (κ1) is 26.5. The molecule has 0 radical (unpaired) electrons. The maximum Gasteiger partial charge on any atom is 0.303 e. The van der Waals surface area contributed by atoms with E-state index in [2.05, 4.69) is 0 Å². The molecule has 0 bridgehead atoms. The van der Waals surface area contributed by atoms with E-state index in [0.29, 0.717) is 46.4 Å². The molecule has 184 valence electrons. The van der Waals surface area contributed by atoms with Crippen molar-refractivity contribution < 1.29 is 23.1 Å². The third-order valence-corrected chi connectivity index (χ3v) is 9.56. The van der Waals surface area contributed by atoms with Crippen LogP contribution in [0.4, 0.5) is 0 Å². The highest BCUT2D eigenvalue weighted by molar-refractivity contribution is 7.91. The normalized spacial score (nSPS) is 12.9. The number of hydrogen-bond donors (Lipinski definition) is 1. The highest BCUT2D eigenvalue weighted by atomic mass is 35.5. The molecule has 0 aliphatic rings. The van der Waals surface area contributed by atoms with Crippen LogP contribution in [0.5, 0.6) is 5.75 Å². The molecule has 1 N–H and O–H groups in total. The van der Waals surface area contributed by atoms with Gasteiger partial charge in [0.15, 0.2) is 0 Å². The monoisotopic (exact) mass is 523 g/mol. The summed E-state index contributed by atoms with van der Waals surface area (Å²) >= 11 is 7.40. The van der Waals surface area contributed by atoms with Gasteiger partial charge in [-0.1, -0.05) is 37.6 Å². The molecule has 6 nitrogen and oxygen atoms in total. The SMILES string of the molecule is CCCN(CC(CC)Oc1cccc(CCC(=O)O)c1)S(=O)(=O)c1sc2ccc(Cl)cc2c1C. The Hall–Kier alpha value is -2.13. The van der Waals surface area contributed by atoms with E-state index in [1.165, 1.54) is 15.6 Å². The lowest BCUT2D eigenvalue weighted by molar-refractivity contribution is -0.136. The van der Waals surface area contributed by atoms with Gasteiger partial charge >= 0.3 is 5.97 Å². The number of halogens is 1. The molecular weight excluding hydrogens is 494 g/mol. The number of nitrogens with zero attached hydrogens (tertiary/aromatic N) is 1. The maximum atomic E-state index is 13.7. The number of ether oxygens (including phenoxy) is 1. The van der Waals surface area contributed by atoms with Gasteiger partial charge in [-0.05, 0) is 73.0 Å². The Bertz CT molecular complexity index is 1260. The van der Waals surface area contributed by atoms with Crippen molar-refractivity contribution in [3.8, 4) is 5.75 Å². The van der Waals surface area contributed by atoms with Crippen LogP contribution in [-0.4, -0.2) is 43.0 Å². The summed E-state index contributed by atoms with van der Waals surface area (Å²) in [6.07, 6.45) is 1.41. The topological polar surface area (TPSA) is 83.9 Å². The number of aryl methyl sites for hydroxylation is 2. The summed E-state index contributed by atoms with van der Waals surface area (Å²) in [4.78, 5) is 10.9. The molecule has 0 saturated heterocycles. The molecular formula is C25H30ClNO5S2. The van der Waals surface area contributed by atoms with Crippen LogP contribution in [0.25, 0.3) is 10.1 Å². The van der Waals surface area contributed by atoms with Gasteiger partial charge in [0, 0.05) is 22.7 Å². The number of rotatable bonds is 12. The molecule has 0 aliphatic carbocycles. The zero-order valence-electron chi connectivity index (χ0n) is 19.6. The second kappa shape index (κ2) is 11.5. The van der Waals surface area contributed by atoms with Crippen LogP contribution in [0.1, 0.15) is 44.2 Å². The zero-order chi connectivity index (χ0) is 24.9. The van der Waals surface area contributed by atoms with E-state index in [-0.39, 0.29) is 19.1 Å². The minimum atomic E-state index is -3.73. The summed E-state index contributed by atoms with van der Waals surface area (Å²) in [5, 5.41) is 10.4. The highest BCUT2D eigenvalue weighted by Gasteiger charge is 2.30. The van der Waals surface area contributed by atoms with E-state index >= 15 is 0 Å². The van der Waals surface area contributed by atoms with Gasteiger partial charge < -0.3 is 9.84 Å². The smallest absolute Gasteiger partial charge is 0.303 e. The van der Waals surface area contributed by atoms with Crippen LogP contribution in [0.15, 0.2) is 46.7 Å². The van der Waals surface area contributed by atoms with Gasteiger partial charge in [-0.15, -0.1) is 11.3 Å². The number of carboxylic acid groups (broad SMARTS) is 1. The Morgan fingerprint density at radius 1 is 1.21 bits per heavy atom. The van der Waals surface area contributed by atoms with Crippen LogP contribution >= 0.6 is 22.9 Å². The van der Waals surface area contributed by atoms with Crippen molar-refractivity contribution in [2.45, 2.75) is 56.8 Å². The molecule has 0 fully saturated rings. The van der Waals surface area contributed by atoms with Crippen LogP contribution < -0.4 is 4.74 Å². The first-order valence-electron chi connectivity index (χ1n) is 11.3. The second-order valence-corrected chi connectivity index (χ2v) is 11.8. The second-order valence-electron chi connectivity index (χ2n) is 8.21. The molecule has 3 rings (SSSR count). The first-order chi connectivity index (χ1) is 16.1. The third kappa shape index (κ3) is 6.30. The van der Waals surface area contributed by atoms with Crippen molar-refractivity contribution in [3.05, 3.63) is 58.6 Å². The average Bonchev–Trinajstić information content (AvgIpc) is 3.13. The highest BCUT2D eigenvalue weighted by Crippen LogP contribution is 2.37. The summed E-state index contributed by atoms with van der Waals surface area (Å²) in [5.74, 6) is -0.242. The van der Waals surface area contributed by atoms with Gasteiger partial charge in [-0.2, -0.15) is 4.31 Å². The standard InChI is InChI=1S/C25H30ClNO5S2/c1-4-13-27(34(30,31)25-17(3)22-15-19(26)10-11-23(22)33-25)16-20(5-2)32-21-8-6-7-18(14-21)9-12-24(28)29/h6-8,10-11,14-15,20H,4-5,9,12-13,16H2,1-3H3,(H,28,29). The Morgan fingerprint density at radius 2 is 1.97 bits per heavy atom. The number of sulfonamides is 1. The molecule has 9 heteroatoms. The molecule has 1 heterocycles. The van der Waals surface area contributed by atoms with Crippen LogP contribution in [0.3, 0.4) is 0 Å². The fraction of sp³-hybridized carbons (Fsp3) is 0.400. The molecule has 1 atom stereocenters. The molecule has 34 heavy (non-hydrogen) atoms. The van der Waals surface area contributed by atoms with Crippen LogP contribution in [0, 0.1) is 6.92 Å². The number of carbonyl (C=O) groups is 1. The van der Waals surface area contributed by atoms with Crippen molar-refractivity contribution in [2.75, 3.05) is 13.1 Å². The number of benzene rings is 2. The third-order valence-electron chi connectivity index (χ3n) is 5.59. The largest absolute Gasteiger partial charge is 0.489 e. The van der Waals surface area contributed by atoms with Crippen molar-refractivity contribution in [1.82, 2.24) is 4.31 Å². The van der Waals surface area contributed by atoms with Crippen LogP contribution in [-0.2, 0) is 21.2 Å². The van der Waals surface area contributed by atoms with E-state index in [4.69, 9.17) is 21.4 Å². The maximum absolute atomic E-state index is 13.7. The molecule has 0 saturated carbocycles. The minimum absolute atomic E-state index is 0.0446. The van der Waals surface area contributed by atoms with E-state index in [9.17, 15) is 13.2 Å². The lowest BCUT2D eigenvalue weighted by atomic mass is 10.1. The fourth-order valence-electron chi connectivity index (χ4n) is 3.79. The summed E-state index contributed by atoms with van der Waals surface area (Å²) in [6, 6.07) is 12.8. The van der Waals surface area contributed by atoms with Crippen molar-refractivity contribution in [1.29, 1.82) is 0 Å². The number of aliphatic carboxylic acids is 1. The quantitative estimate of drug-likeness (QED) is 0.308. The summed E-state index contributed by atoms with van der Waals surface area (Å²) in [5.41, 5.74) is 1.58. The summed E-state index contributed by atoms with van der Waals surface area (Å²) in [7, 11) is -3.73. The lowest BCUT2D eigenvalue weighted by Gasteiger charge is -2.27. The first-order valence-corrected chi connectivity index (χ1v) is 13.9. The van der Waals surface area contributed by atoms with Gasteiger partial charge in [-0.25, -0.2) is 8.42 Å². The summed E-state index contributed by atoms with van der Waals surface area (Å²) in [6.45, 7) is 6.34. The van der Waals surface area contributed by atoms with E-state index < -0.39 is 16.0 Å². The zero-order valence-corrected chi connectivity index (χ0v) is 22.0. The van der Waals surface area contributed by atoms with Crippen LogP contribution in [0.2, 0.25) is 5.02 Å². The van der Waals surface area contributed by atoms with Crippen molar-refractivity contribution in [2.24, 2.45) is 0 Å². The predicted octanol–water partition coefficient (Wildman–Crippen LogP) is 6.14. The number of fused-ring (bicyclic) bond motifs is 1. The molecule has 1 unspecified atom stereocenters. The molecule has 0 amide bonds. The Morgan fingerprint density at radius 3 is 2.65 bits per heavy atom. The van der Waals surface area contributed by atoms with Gasteiger partial charge in [-0.3, -0.25) is 4.79 Å². The number of hydrogen-bond acceptors (Lipinski definition) is 5. The van der Waals surface area contributed by atoms with Crippen molar-refractivity contribution in [3.63, 3.8) is 0 Å². The Balaban J connectivity index is 1.83. The van der Waals surface area contributed by atoms with E-state index in [0.717, 1.165) is 15.6 Å². The number of carboxylic acids is 1. The Kier molecular flexibility index (Phi) is 8.98. The molecule has 1 aromatic heterocycles. The van der Waals surface area contributed by atoms with E-state index in [1.54, 1.807) is 12.1 Å². The predicted molar refractivity (Wildman–Crippen MR) is 138 cm³/mol. The number of thiophene rings is 1. The minimum Gasteiger partial charge on any atom is -0.489 e. The molecule has 3 aromatic rings. The fourth-order valence-corrected chi connectivity index (χ4v) is 7.40. The lowest BCUT2D eigenvalue weighted by Crippen LogP contribution is -2.40. The molecule has 0 spiro atoms. The molecule has 0 aliphatic heterocycles. The van der Waals surface area contributed by atoms with E-state index in [1.807, 2.05) is 51.1 Å². The van der Waals surface area contributed by atoms with Gasteiger partial charge in [0.25, 0.3) is 10.0 Å². The van der Waals surface area contributed by atoms with Gasteiger partial charge in [0.2, 0.25) is 0 Å². The summed E-state index contributed by atoms with van der Waals surface area (Å²) < 4.78 is 36.3. The van der Waals surface area contributed by atoms with Gasteiger partial charge in [0.1, 0.15) is 16.1 Å².